The third-order valence-electron chi connectivity index (χ3n) is 7.56. The van der Waals surface area contributed by atoms with Crippen molar-refractivity contribution in [2.24, 2.45) is 0 Å². The summed E-state index contributed by atoms with van der Waals surface area (Å²) in [5, 5.41) is 11.7. The number of carboxylic acids is 1. The van der Waals surface area contributed by atoms with Crippen LogP contribution in [0.5, 0.6) is 5.75 Å². The molecule has 0 saturated heterocycles. The van der Waals surface area contributed by atoms with Crippen LogP contribution in [0.1, 0.15) is 48.4 Å². The molecule has 0 fully saturated rings. The lowest BCUT2D eigenvalue weighted by Crippen LogP contribution is -2.28. The third kappa shape index (κ3) is 6.16. The van der Waals surface area contributed by atoms with E-state index in [2.05, 4.69) is 4.98 Å². The second-order valence-electron chi connectivity index (χ2n) is 12.0. The molecule has 230 valence electrons. The van der Waals surface area contributed by atoms with Gasteiger partial charge in [-0.25, -0.2) is 9.78 Å². The SMILES string of the molecule is Cc1cc2nc(-c3ccnc(-c4ccc5c(c4)C(=O)N(C)CCO5)c3)sc2c(-c2ccc(Cl)cc2)c1[C@H](OC(C)(C)C)C(=O)O. The number of aromatic nitrogens is 2. The average Bonchev–Trinajstić information content (AvgIpc) is 3.36. The predicted octanol–water partition coefficient (Wildman–Crippen LogP) is 8.06. The van der Waals surface area contributed by atoms with E-state index in [-0.39, 0.29) is 5.91 Å². The molecule has 1 atom stereocenters. The van der Waals surface area contributed by atoms with E-state index < -0.39 is 17.7 Å². The number of ether oxygens (including phenoxy) is 2. The molecule has 1 amide bonds. The van der Waals surface area contributed by atoms with Gasteiger partial charge in [-0.15, -0.1) is 11.3 Å². The quantitative estimate of drug-likeness (QED) is 0.200. The minimum absolute atomic E-state index is 0.0947. The van der Waals surface area contributed by atoms with Crippen LogP contribution >= 0.6 is 22.9 Å². The minimum atomic E-state index is -1.20. The number of nitrogens with zero attached hydrogens (tertiary/aromatic N) is 3. The number of aliphatic carboxylic acids is 1. The number of halogens is 1. The Kier molecular flexibility index (Phi) is 8.11. The number of hydrogen-bond donors (Lipinski definition) is 1. The number of aryl methyl sites for hydroxylation is 1. The van der Waals surface area contributed by atoms with E-state index in [1.807, 2.05) is 76.2 Å². The van der Waals surface area contributed by atoms with Crippen molar-refractivity contribution in [3.63, 3.8) is 0 Å². The molecule has 1 aliphatic rings. The highest BCUT2D eigenvalue weighted by atomic mass is 35.5. The van der Waals surface area contributed by atoms with Crippen molar-refractivity contribution in [3.8, 4) is 38.7 Å². The lowest BCUT2D eigenvalue weighted by Gasteiger charge is -2.28. The van der Waals surface area contributed by atoms with E-state index in [9.17, 15) is 14.7 Å². The molecule has 0 unspecified atom stereocenters. The number of carbonyl (C=O) groups excluding carboxylic acids is 1. The number of carbonyl (C=O) groups is 2. The van der Waals surface area contributed by atoms with Crippen LogP contribution in [0.15, 0.2) is 66.9 Å². The molecule has 0 aliphatic carbocycles. The minimum Gasteiger partial charge on any atom is -0.491 e. The third-order valence-corrected chi connectivity index (χ3v) is 8.95. The van der Waals surface area contributed by atoms with Gasteiger partial charge in [0, 0.05) is 40.5 Å². The number of fused-ring (bicyclic) bond motifs is 2. The van der Waals surface area contributed by atoms with Gasteiger partial charge >= 0.3 is 5.97 Å². The highest BCUT2D eigenvalue weighted by molar-refractivity contribution is 7.22. The second-order valence-corrected chi connectivity index (χ2v) is 13.5. The molecular formula is C35H32ClN3O5S. The van der Waals surface area contributed by atoms with Crippen LogP contribution in [0.4, 0.5) is 0 Å². The number of thiazole rings is 1. The van der Waals surface area contributed by atoms with E-state index in [4.69, 9.17) is 26.1 Å². The fourth-order valence-corrected chi connectivity index (χ4v) is 6.71. The Morgan fingerprint density at radius 1 is 1.07 bits per heavy atom. The van der Waals surface area contributed by atoms with Crippen LogP contribution in [0, 0.1) is 6.92 Å². The van der Waals surface area contributed by atoms with Gasteiger partial charge in [-0.2, -0.15) is 0 Å². The molecular weight excluding hydrogens is 610 g/mol. The zero-order valence-electron chi connectivity index (χ0n) is 25.6. The molecule has 8 nitrogen and oxygen atoms in total. The molecule has 0 saturated carbocycles. The Balaban J connectivity index is 1.50. The molecule has 6 rings (SSSR count). The molecule has 10 heteroatoms. The molecule has 3 heterocycles. The highest BCUT2D eigenvalue weighted by Gasteiger charge is 2.32. The average molecular weight is 642 g/mol. The smallest absolute Gasteiger partial charge is 0.337 e. The summed E-state index contributed by atoms with van der Waals surface area (Å²) in [6, 6.07) is 18.7. The molecule has 3 aromatic carbocycles. The van der Waals surface area contributed by atoms with Gasteiger partial charge in [-0.1, -0.05) is 23.7 Å². The molecule has 45 heavy (non-hydrogen) atoms. The fraction of sp³-hybridized carbons (Fsp3) is 0.257. The van der Waals surface area contributed by atoms with Crippen molar-refractivity contribution < 1.29 is 24.2 Å². The molecule has 1 N–H and O–H groups in total. The maximum absolute atomic E-state index is 13.0. The normalized spacial score (nSPS) is 14.2. The number of likely N-dealkylation sites (N-methyl/N-ethyl adjacent to an activating group) is 1. The summed E-state index contributed by atoms with van der Waals surface area (Å²) in [5.41, 5.74) is 5.78. The van der Waals surface area contributed by atoms with Gasteiger partial charge in [0.1, 0.15) is 17.4 Å². The summed E-state index contributed by atoms with van der Waals surface area (Å²) >= 11 is 7.71. The van der Waals surface area contributed by atoms with Gasteiger partial charge < -0.3 is 19.5 Å². The highest BCUT2D eigenvalue weighted by Crippen LogP contribution is 2.44. The summed E-state index contributed by atoms with van der Waals surface area (Å²) in [6.45, 7) is 8.37. The van der Waals surface area contributed by atoms with E-state index in [1.54, 1.807) is 30.3 Å². The van der Waals surface area contributed by atoms with Crippen molar-refractivity contribution in [1.29, 1.82) is 0 Å². The summed E-state index contributed by atoms with van der Waals surface area (Å²) in [5.74, 6) is -0.601. The molecule has 2 aromatic heterocycles. The monoisotopic (exact) mass is 641 g/mol. The lowest BCUT2D eigenvalue weighted by molar-refractivity contribution is -0.160. The van der Waals surface area contributed by atoms with Crippen molar-refractivity contribution >= 4 is 45.0 Å². The van der Waals surface area contributed by atoms with Crippen molar-refractivity contribution in [1.82, 2.24) is 14.9 Å². The van der Waals surface area contributed by atoms with Gasteiger partial charge in [0.2, 0.25) is 0 Å². The zero-order valence-corrected chi connectivity index (χ0v) is 27.1. The number of benzene rings is 3. The number of hydrogen-bond acceptors (Lipinski definition) is 7. The zero-order chi connectivity index (χ0) is 32.0. The Bertz CT molecular complexity index is 1950. The van der Waals surface area contributed by atoms with Gasteiger partial charge in [0.25, 0.3) is 5.91 Å². The molecule has 0 bridgehead atoms. The number of rotatable bonds is 6. The Hall–Kier alpha value is -4.31. The second kappa shape index (κ2) is 11.9. The van der Waals surface area contributed by atoms with Gasteiger partial charge in [0.05, 0.1) is 33.6 Å². The van der Waals surface area contributed by atoms with E-state index >= 15 is 0 Å². The Labute approximate surface area is 270 Å². The number of amides is 1. The first-order valence-corrected chi connectivity index (χ1v) is 15.7. The summed E-state index contributed by atoms with van der Waals surface area (Å²) in [4.78, 5) is 36.9. The van der Waals surface area contributed by atoms with Crippen molar-refractivity contribution in [3.05, 3.63) is 88.6 Å². The van der Waals surface area contributed by atoms with E-state index in [1.165, 1.54) is 11.3 Å². The van der Waals surface area contributed by atoms with Gasteiger partial charge in [-0.3, -0.25) is 9.78 Å². The first kappa shape index (κ1) is 30.7. The number of pyridine rings is 1. The lowest BCUT2D eigenvalue weighted by atomic mass is 9.91. The Morgan fingerprint density at radius 3 is 2.51 bits per heavy atom. The number of carboxylic acid groups (broad SMARTS) is 1. The fourth-order valence-electron chi connectivity index (χ4n) is 5.47. The van der Waals surface area contributed by atoms with Gasteiger partial charge in [0.15, 0.2) is 6.10 Å². The van der Waals surface area contributed by atoms with Crippen molar-refractivity contribution in [2.75, 3.05) is 20.2 Å². The maximum Gasteiger partial charge on any atom is 0.337 e. The topological polar surface area (TPSA) is 102 Å². The summed E-state index contributed by atoms with van der Waals surface area (Å²) in [7, 11) is 1.76. The Morgan fingerprint density at radius 2 is 1.80 bits per heavy atom. The van der Waals surface area contributed by atoms with Crippen LogP contribution in [-0.2, 0) is 9.53 Å². The first-order valence-electron chi connectivity index (χ1n) is 14.5. The molecule has 1 aliphatic heterocycles. The predicted molar refractivity (Wildman–Crippen MR) is 177 cm³/mol. The molecule has 5 aromatic rings. The van der Waals surface area contributed by atoms with Crippen LogP contribution in [0.3, 0.4) is 0 Å². The summed E-state index contributed by atoms with van der Waals surface area (Å²) < 4.78 is 12.8. The van der Waals surface area contributed by atoms with E-state index in [0.29, 0.717) is 40.7 Å². The van der Waals surface area contributed by atoms with Crippen LogP contribution in [0.2, 0.25) is 5.02 Å². The van der Waals surface area contributed by atoms with Crippen LogP contribution in [-0.4, -0.2) is 57.7 Å². The first-order chi connectivity index (χ1) is 21.4. The van der Waals surface area contributed by atoms with Crippen LogP contribution in [0.25, 0.3) is 43.2 Å². The van der Waals surface area contributed by atoms with Gasteiger partial charge in [-0.05, 0) is 87.4 Å². The molecule has 0 spiro atoms. The largest absolute Gasteiger partial charge is 0.491 e. The maximum atomic E-state index is 13.0. The molecule has 0 radical (unpaired) electrons. The van der Waals surface area contributed by atoms with E-state index in [0.717, 1.165) is 43.0 Å². The van der Waals surface area contributed by atoms with Crippen LogP contribution < -0.4 is 4.74 Å². The van der Waals surface area contributed by atoms with Crippen molar-refractivity contribution in [2.45, 2.75) is 39.4 Å². The standard InChI is InChI=1S/C35H32ClN3O5S/c1-19-16-26-31(29(20-6-9-23(36)10-7-20)28(19)30(34(41)42)44-35(2,3)4)45-32(38-26)22-12-13-37-25(18-22)21-8-11-27-24(17-21)33(40)39(5)14-15-43-27/h6-13,16-18,30H,14-15H2,1-5H3,(H,41,42)/t30-/m0/s1. The summed E-state index contributed by atoms with van der Waals surface area (Å²) in [6.07, 6.45) is 0.526.